The summed E-state index contributed by atoms with van der Waals surface area (Å²) in [6, 6.07) is 1.50. The largest absolute Gasteiger partial charge is 0.409 e. The van der Waals surface area contributed by atoms with Crippen LogP contribution in [-0.4, -0.2) is 47.2 Å². The summed E-state index contributed by atoms with van der Waals surface area (Å²) in [4.78, 5) is 7.94. The van der Waals surface area contributed by atoms with Gasteiger partial charge in [-0.3, -0.25) is 0 Å². The molecule has 0 bridgehead atoms. The van der Waals surface area contributed by atoms with Gasteiger partial charge in [-0.15, -0.1) is 0 Å². The molecular weight excluding hydrogens is 264 g/mol. The fraction of sp³-hybridized carbons (Fsp3) is 0.375. The van der Waals surface area contributed by atoms with Crippen LogP contribution in [0.5, 0.6) is 0 Å². The van der Waals surface area contributed by atoms with Crippen LogP contribution < -0.4 is 5.73 Å². The molecule has 1 rings (SSSR count). The molecule has 1 aromatic heterocycles. The van der Waals surface area contributed by atoms with Crippen molar-refractivity contribution in [3.63, 3.8) is 0 Å². The Kier molecular flexibility index (Phi) is 4.70. The highest BCUT2D eigenvalue weighted by Gasteiger charge is 2.06. The lowest BCUT2D eigenvalue weighted by molar-refractivity contribution is 0.318. The molecule has 0 aromatic carbocycles. The molecule has 0 aliphatic carbocycles. The Morgan fingerprint density at radius 2 is 2.35 bits per heavy atom. The number of amidine groups is 1. The highest BCUT2D eigenvalue weighted by atomic mass is 32.2. The lowest BCUT2D eigenvalue weighted by atomic mass is 10.4. The second-order valence-electron chi connectivity index (χ2n) is 3.19. The average molecular weight is 276 g/mol. The summed E-state index contributed by atoms with van der Waals surface area (Å²) in [5.41, 5.74) is 5.66. The van der Waals surface area contributed by atoms with E-state index in [1.165, 1.54) is 30.3 Å². The summed E-state index contributed by atoms with van der Waals surface area (Å²) in [6.45, 7) is 0. The third-order valence-electron chi connectivity index (χ3n) is 1.69. The standard InChI is InChI=1S/C8H12N4O3S2/c1-17(14,15)5-4-16-8-10-3-2-6(11-8)7(9)12-13/h2-3,13H,4-5H2,1H3,(H2,9,12). The van der Waals surface area contributed by atoms with Gasteiger partial charge in [0.25, 0.3) is 0 Å². The number of hydrogen-bond donors (Lipinski definition) is 2. The van der Waals surface area contributed by atoms with Crippen LogP contribution >= 0.6 is 11.8 Å². The van der Waals surface area contributed by atoms with Crippen LogP contribution in [0.4, 0.5) is 0 Å². The van der Waals surface area contributed by atoms with Gasteiger partial charge in [-0.05, 0) is 6.07 Å². The maximum Gasteiger partial charge on any atom is 0.188 e. The highest BCUT2D eigenvalue weighted by molar-refractivity contribution is 8.00. The number of rotatable bonds is 5. The molecule has 0 amide bonds. The summed E-state index contributed by atoms with van der Waals surface area (Å²) in [6.07, 6.45) is 2.63. The SMILES string of the molecule is CS(=O)(=O)CCSc1nccc(/C(N)=N/O)n1. The van der Waals surface area contributed by atoms with E-state index < -0.39 is 9.84 Å². The van der Waals surface area contributed by atoms with Gasteiger partial charge < -0.3 is 10.9 Å². The molecule has 1 heterocycles. The number of hydrogen-bond acceptors (Lipinski definition) is 7. The molecule has 0 spiro atoms. The maximum atomic E-state index is 10.9. The molecule has 0 radical (unpaired) electrons. The van der Waals surface area contributed by atoms with E-state index in [2.05, 4.69) is 15.1 Å². The molecule has 0 saturated heterocycles. The van der Waals surface area contributed by atoms with E-state index in [1.807, 2.05) is 0 Å². The summed E-state index contributed by atoms with van der Waals surface area (Å²) >= 11 is 1.20. The van der Waals surface area contributed by atoms with Crippen molar-refractivity contribution in [3.8, 4) is 0 Å². The van der Waals surface area contributed by atoms with Crippen LogP contribution in [0.1, 0.15) is 5.69 Å². The first-order valence-electron chi connectivity index (χ1n) is 4.54. The maximum absolute atomic E-state index is 10.9. The summed E-state index contributed by atoms with van der Waals surface area (Å²) < 4.78 is 21.8. The van der Waals surface area contributed by atoms with Gasteiger partial charge in [0, 0.05) is 18.2 Å². The van der Waals surface area contributed by atoms with Crippen molar-refractivity contribution in [1.82, 2.24) is 9.97 Å². The molecule has 3 N–H and O–H groups in total. The van der Waals surface area contributed by atoms with Crippen LogP contribution in [0.15, 0.2) is 22.6 Å². The van der Waals surface area contributed by atoms with Gasteiger partial charge >= 0.3 is 0 Å². The zero-order valence-electron chi connectivity index (χ0n) is 9.07. The van der Waals surface area contributed by atoms with Crippen LogP contribution in [0.3, 0.4) is 0 Å². The van der Waals surface area contributed by atoms with Gasteiger partial charge in [-0.1, -0.05) is 16.9 Å². The Morgan fingerprint density at radius 3 is 2.94 bits per heavy atom. The molecule has 0 unspecified atom stereocenters. The van der Waals surface area contributed by atoms with Gasteiger partial charge in [0.15, 0.2) is 11.0 Å². The first-order chi connectivity index (χ1) is 7.92. The van der Waals surface area contributed by atoms with Crippen molar-refractivity contribution in [1.29, 1.82) is 0 Å². The van der Waals surface area contributed by atoms with Gasteiger partial charge in [0.1, 0.15) is 15.5 Å². The van der Waals surface area contributed by atoms with Crippen LogP contribution in [0.25, 0.3) is 0 Å². The van der Waals surface area contributed by atoms with Gasteiger partial charge in [-0.25, -0.2) is 18.4 Å². The lowest BCUT2D eigenvalue weighted by Crippen LogP contribution is -2.15. The fourth-order valence-electron chi connectivity index (χ4n) is 0.889. The Hall–Kier alpha value is -1.35. The molecule has 9 heteroatoms. The van der Waals surface area contributed by atoms with E-state index in [1.54, 1.807) is 0 Å². The van der Waals surface area contributed by atoms with E-state index in [9.17, 15) is 8.42 Å². The monoisotopic (exact) mass is 276 g/mol. The van der Waals surface area contributed by atoms with Gasteiger partial charge in [-0.2, -0.15) is 0 Å². The molecule has 0 aliphatic rings. The first kappa shape index (κ1) is 13.7. The zero-order chi connectivity index (χ0) is 12.9. The van der Waals surface area contributed by atoms with Crippen molar-refractivity contribution in [3.05, 3.63) is 18.0 Å². The molecule has 0 fully saturated rings. The van der Waals surface area contributed by atoms with E-state index >= 15 is 0 Å². The summed E-state index contributed by atoms with van der Waals surface area (Å²) in [7, 11) is -2.99. The second kappa shape index (κ2) is 5.82. The number of nitrogens with two attached hydrogens (primary N) is 1. The normalized spacial score (nSPS) is 12.6. The zero-order valence-corrected chi connectivity index (χ0v) is 10.7. The molecule has 94 valence electrons. The highest BCUT2D eigenvalue weighted by Crippen LogP contribution is 2.12. The van der Waals surface area contributed by atoms with Crippen LogP contribution in [0, 0.1) is 0 Å². The summed E-state index contributed by atoms with van der Waals surface area (Å²) in [5, 5.41) is 11.7. The average Bonchev–Trinajstić information content (AvgIpc) is 2.27. The van der Waals surface area contributed by atoms with Crippen LogP contribution in [-0.2, 0) is 9.84 Å². The van der Waals surface area contributed by atoms with E-state index in [0.29, 0.717) is 16.6 Å². The van der Waals surface area contributed by atoms with Crippen molar-refractivity contribution in [2.75, 3.05) is 17.8 Å². The molecule has 17 heavy (non-hydrogen) atoms. The van der Waals surface area contributed by atoms with E-state index in [4.69, 9.17) is 10.9 Å². The smallest absolute Gasteiger partial charge is 0.188 e. The van der Waals surface area contributed by atoms with Crippen molar-refractivity contribution in [2.45, 2.75) is 5.16 Å². The van der Waals surface area contributed by atoms with Crippen molar-refractivity contribution in [2.24, 2.45) is 10.9 Å². The lowest BCUT2D eigenvalue weighted by Gasteiger charge is -2.01. The topological polar surface area (TPSA) is 119 Å². The predicted octanol–water partition coefficient (Wildman–Crippen LogP) is -0.292. The molecule has 0 atom stereocenters. The van der Waals surface area contributed by atoms with Crippen molar-refractivity contribution >= 4 is 27.4 Å². The predicted molar refractivity (Wildman–Crippen MR) is 65.0 cm³/mol. The Morgan fingerprint density at radius 1 is 1.65 bits per heavy atom. The van der Waals surface area contributed by atoms with E-state index in [-0.39, 0.29) is 11.6 Å². The second-order valence-corrected chi connectivity index (χ2v) is 6.51. The molecular formula is C8H12N4O3S2. The third kappa shape index (κ3) is 5.00. The minimum Gasteiger partial charge on any atom is -0.409 e. The summed E-state index contributed by atoms with van der Waals surface area (Å²) in [5.74, 6) is 0.296. The van der Waals surface area contributed by atoms with Gasteiger partial charge in [0.2, 0.25) is 0 Å². The number of thioether (sulfide) groups is 1. The Labute approximate surface area is 103 Å². The molecule has 0 aliphatic heterocycles. The first-order valence-corrected chi connectivity index (χ1v) is 7.58. The number of sulfone groups is 1. The Balaban J connectivity index is 2.67. The molecule has 0 saturated carbocycles. The van der Waals surface area contributed by atoms with Gasteiger partial charge in [0.05, 0.1) is 5.75 Å². The number of oxime groups is 1. The molecule has 1 aromatic rings. The van der Waals surface area contributed by atoms with Crippen LogP contribution in [0.2, 0.25) is 0 Å². The number of aromatic nitrogens is 2. The minimum absolute atomic E-state index is 0.0504. The number of nitrogens with zero attached hydrogens (tertiary/aromatic N) is 3. The third-order valence-corrected chi connectivity index (χ3v) is 3.76. The fourth-order valence-corrected chi connectivity index (χ4v) is 2.91. The van der Waals surface area contributed by atoms with Crippen molar-refractivity contribution < 1.29 is 13.6 Å². The Bertz CT molecular complexity index is 515. The quantitative estimate of drug-likeness (QED) is 0.189. The molecule has 7 nitrogen and oxygen atoms in total. The van der Waals surface area contributed by atoms with E-state index in [0.717, 1.165) is 0 Å². The minimum atomic E-state index is -2.99.